The molecule has 0 bridgehead atoms. The van der Waals surface area contributed by atoms with E-state index in [0.717, 1.165) is 0 Å². The van der Waals surface area contributed by atoms with Gasteiger partial charge in [-0.1, -0.05) is 75.4 Å². The van der Waals surface area contributed by atoms with Gasteiger partial charge in [0.1, 0.15) is 12.2 Å². The summed E-state index contributed by atoms with van der Waals surface area (Å²) in [5, 5.41) is 0. The van der Waals surface area contributed by atoms with E-state index < -0.39 is 0 Å². The second kappa shape index (κ2) is 4.50. The third-order valence-electron chi connectivity index (χ3n) is 3.72. The van der Waals surface area contributed by atoms with Crippen LogP contribution in [0.4, 0.5) is 0 Å². The molecule has 2 aromatic carbocycles. The Labute approximate surface area is 115 Å². The SMILES string of the molecule is CC(C)(C)c1ccc([C@@H]2O[C@H]2c2ccccc2)cc1. The lowest BCUT2D eigenvalue weighted by atomic mass is 9.86. The summed E-state index contributed by atoms with van der Waals surface area (Å²) in [6.45, 7) is 6.72. The Kier molecular flexibility index (Phi) is 2.94. The van der Waals surface area contributed by atoms with Crippen LogP contribution in [0.3, 0.4) is 0 Å². The second-order valence-corrected chi connectivity index (χ2v) is 6.26. The molecule has 2 aromatic rings. The smallest absolute Gasteiger partial charge is 0.114 e. The number of rotatable bonds is 2. The van der Waals surface area contributed by atoms with Gasteiger partial charge >= 0.3 is 0 Å². The van der Waals surface area contributed by atoms with E-state index in [-0.39, 0.29) is 17.6 Å². The monoisotopic (exact) mass is 252 g/mol. The molecule has 0 radical (unpaired) electrons. The van der Waals surface area contributed by atoms with Crippen LogP contribution in [0, 0.1) is 0 Å². The highest BCUT2D eigenvalue weighted by molar-refractivity contribution is 5.33. The van der Waals surface area contributed by atoms with Crippen molar-refractivity contribution in [2.45, 2.75) is 38.4 Å². The molecule has 1 aliphatic rings. The van der Waals surface area contributed by atoms with Gasteiger partial charge in [-0.15, -0.1) is 0 Å². The van der Waals surface area contributed by atoms with Crippen LogP contribution < -0.4 is 0 Å². The van der Waals surface area contributed by atoms with Crippen LogP contribution in [0.25, 0.3) is 0 Å². The van der Waals surface area contributed by atoms with E-state index in [4.69, 9.17) is 4.74 Å². The first-order valence-corrected chi connectivity index (χ1v) is 6.86. The molecular formula is C18H20O. The Morgan fingerprint density at radius 1 is 0.737 bits per heavy atom. The third kappa shape index (κ3) is 2.57. The minimum atomic E-state index is 0.210. The van der Waals surface area contributed by atoms with Gasteiger partial charge in [-0.2, -0.15) is 0 Å². The van der Waals surface area contributed by atoms with Gasteiger partial charge in [0.15, 0.2) is 0 Å². The fourth-order valence-electron chi connectivity index (χ4n) is 2.43. The third-order valence-corrected chi connectivity index (χ3v) is 3.72. The Hall–Kier alpha value is -1.60. The minimum absolute atomic E-state index is 0.210. The summed E-state index contributed by atoms with van der Waals surface area (Å²) < 4.78 is 5.81. The molecule has 3 rings (SSSR count). The first kappa shape index (κ1) is 12.4. The maximum atomic E-state index is 5.81. The van der Waals surface area contributed by atoms with Gasteiger partial charge in [-0.05, 0) is 22.1 Å². The molecule has 2 atom stereocenters. The van der Waals surface area contributed by atoms with Crippen molar-refractivity contribution in [3.8, 4) is 0 Å². The zero-order valence-corrected chi connectivity index (χ0v) is 11.8. The molecule has 1 aliphatic heterocycles. The van der Waals surface area contributed by atoms with Crippen molar-refractivity contribution in [2.75, 3.05) is 0 Å². The highest BCUT2D eigenvalue weighted by Gasteiger charge is 2.41. The molecule has 1 nitrogen and oxygen atoms in total. The van der Waals surface area contributed by atoms with Crippen molar-refractivity contribution in [3.63, 3.8) is 0 Å². The molecule has 0 aliphatic carbocycles. The molecular weight excluding hydrogens is 232 g/mol. The Morgan fingerprint density at radius 3 is 1.79 bits per heavy atom. The lowest BCUT2D eigenvalue weighted by molar-refractivity contribution is 0.377. The van der Waals surface area contributed by atoms with Crippen LogP contribution in [0.1, 0.15) is 49.7 Å². The fourth-order valence-corrected chi connectivity index (χ4v) is 2.43. The van der Waals surface area contributed by atoms with Gasteiger partial charge in [0.25, 0.3) is 0 Å². The summed E-state index contributed by atoms with van der Waals surface area (Å²) in [4.78, 5) is 0. The fraction of sp³-hybridized carbons (Fsp3) is 0.333. The van der Waals surface area contributed by atoms with Gasteiger partial charge in [-0.3, -0.25) is 0 Å². The quantitative estimate of drug-likeness (QED) is 0.700. The second-order valence-electron chi connectivity index (χ2n) is 6.26. The molecule has 98 valence electrons. The lowest BCUT2D eigenvalue weighted by Gasteiger charge is -2.18. The number of benzene rings is 2. The lowest BCUT2D eigenvalue weighted by Crippen LogP contribution is -2.10. The number of epoxide rings is 1. The van der Waals surface area contributed by atoms with Crippen molar-refractivity contribution < 1.29 is 4.74 Å². The molecule has 0 amide bonds. The summed E-state index contributed by atoms with van der Waals surface area (Å²) in [5.74, 6) is 0. The topological polar surface area (TPSA) is 12.5 Å². The molecule has 1 saturated heterocycles. The molecule has 1 heteroatoms. The average Bonchev–Trinajstić information content (AvgIpc) is 3.19. The summed E-state index contributed by atoms with van der Waals surface area (Å²) in [7, 11) is 0. The van der Waals surface area contributed by atoms with E-state index in [2.05, 4.69) is 69.3 Å². The van der Waals surface area contributed by atoms with E-state index in [0.29, 0.717) is 0 Å². The normalized spacial score (nSPS) is 22.3. The molecule has 19 heavy (non-hydrogen) atoms. The Balaban J connectivity index is 1.76. The van der Waals surface area contributed by atoms with Crippen molar-refractivity contribution in [2.24, 2.45) is 0 Å². The number of hydrogen-bond donors (Lipinski definition) is 0. The maximum Gasteiger partial charge on any atom is 0.114 e. The molecule has 0 N–H and O–H groups in total. The summed E-state index contributed by atoms with van der Waals surface area (Å²) in [5.41, 5.74) is 4.13. The van der Waals surface area contributed by atoms with Crippen LogP contribution in [0.15, 0.2) is 54.6 Å². The minimum Gasteiger partial charge on any atom is -0.359 e. The summed E-state index contributed by atoms with van der Waals surface area (Å²) in [6, 6.07) is 19.3. The van der Waals surface area contributed by atoms with Gasteiger partial charge < -0.3 is 4.74 Å². The highest BCUT2D eigenvalue weighted by atomic mass is 16.6. The molecule has 0 saturated carbocycles. The van der Waals surface area contributed by atoms with E-state index in [1.807, 2.05) is 6.07 Å². The van der Waals surface area contributed by atoms with Crippen molar-refractivity contribution in [1.82, 2.24) is 0 Å². The zero-order valence-electron chi connectivity index (χ0n) is 11.8. The van der Waals surface area contributed by atoms with E-state index in [1.165, 1.54) is 16.7 Å². The van der Waals surface area contributed by atoms with E-state index >= 15 is 0 Å². The largest absolute Gasteiger partial charge is 0.359 e. The predicted molar refractivity (Wildman–Crippen MR) is 78.2 cm³/mol. The average molecular weight is 252 g/mol. The molecule has 0 spiro atoms. The maximum absolute atomic E-state index is 5.81. The van der Waals surface area contributed by atoms with Crippen LogP contribution in [-0.2, 0) is 10.2 Å². The molecule has 0 aromatic heterocycles. The first-order chi connectivity index (χ1) is 9.05. The molecule has 1 heterocycles. The van der Waals surface area contributed by atoms with Gasteiger partial charge in [0, 0.05) is 0 Å². The summed E-state index contributed by atoms with van der Waals surface area (Å²) in [6.07, 6.45) is 0.470. The number of hydrogen-bond acceptors (Lipinski definition) is 1. The van der Waals surface area contributed by atoms with Crippen LogP contribution in [0.5, 0.6) is 0 Å². The van der Waals surface area contributed by atoms with Crippen molar-refractivity contribution in [3.05, 3.63) is 71.3 Å². The van der Waals surface area contributed by atoms with E-state index in [1.54, 1.807) is 0 Å². The van der Waals surface area contributed by atoms with Crippen molar-refractivity contribution >= 4 is 0 Å². The van der Waals surface area contributed by atoms with Gasteiger partial charge in [0.05, 0.1) is 0 Å². The number of ether oxygens (including phenoxy) is 1. The molecule has 0 unspecified atom stereocenters. The standard InChI is InChI=1S/C18H20O/c1-18(2,3)15-11-9-14(10-12-15)17-16(19-17)13-7-5-4-6-8-13/h4-12,16-17H,1-3H3/t16-,17-/m0/s1. The van der Waals surface area contributed by atoms with E-state index in [9.17, 15) is 0 Å². The molecule has 1 fully saturated rings. The Bertz CT molecular complexity index is 548. The highest BCUT2D eigenvalue weighted by Crippen LogP contribution is 2.50. The van der Waals surface area contributed by atoms with Crippen LogP contribution in [0.2, 0.25) is 0 Å². The van der Waals surface area contributed by atoms with Crippen LogP contribution >= 0.6 is 0 Å². The Morgan fingerprint density at radius 2 is 1.26 bits per heavy atom. The first-order valence-electron chi connectivity index (χ1n) is 6.86. The zero-order chi connectivity index (χ0) is 13.5. The predicted octanol–water partition coefficient (Wildman–Crippen LogP) is 4.80. The van der Waals surface area contributed by atoms with Crippen LogP contribution in [-0.4, -0.2) is 0 Å². The van der Waals surface area contributed by atoms with Gasteiger partial charge in [0.2, 0.25) is 0 Å². The summed E-state index contributed by atoms with van der Waals surface area (Å²) >= 11 is 0. The van der Waals surface area contributed by atoms with Gasteiger partial charge in [-0.25, -0.2) is 0 Å². The van der Waals surface area contributed by atoms with Crippen molar-refractivity contribution in [1.29, 1.82) is 0 Å².